The SMILES string of the molecule is CC(O)C(O)C(C)N=O. The lowest BCUT2D eigenvalue weighted by Gasteiger charge is -2.14. The molecule has 54 valence electrons. The molecule has 0 heterocycles. The molecule has 0 aliphatic heterocycles. The van der Waals surface area contributed by atoms with Gasteiger partial charge >= 0.3 is 0 Å². The Balaban J connectivity index is 3.71. The maximum atomic E-state index is 9.73. The van der Waals surface area contributed by atoms with E-state index in [-0.39, 0.29) is 0 Å². The zero-order valence-electron chi connectivity index (χ0n) is 5.48. The van der Waals surface area contributed by atoms with Crippen molar-refractivity contribution >= 4 is 0 Å². The van der Waals surface area contributed by atoms with E-state index in [4.69, 9.17) is 10.2 Å². The van der Waals surface area contributed by atoms with E-state index in [0.717, 1.165) is 0 Å². The van der Waals surface area contributed by atoms with E-state index in [2.05, 4.69) is 5.18 Å². The second kappa shape index (κ2) is 3.53. The van der Waals surface area contributed by atoms with E-state index in [9.17, 15) is 4.91 Å². The molecule has 0 aliphatic rings. The standard InChI is InChI=1S/C5H11NO3/c1-3(6-9)5(8)4(2)7/h3-5,7-8H,1-2H3. The van der Waals surface area contributed by atoms with E-state index < -0.39 is 18.2 Å². The smallest absolute Gasteiger partial charge is 0.117 e. The highest BCUT2D eigenvalue weighted by atomic mass is 16.3. The summed E-state index contributed by atoms with van der Waals surface area (Å²) in [6.07, 6.45) is -1.93. The van der Waals surface area contributed by atoms with Crippen molar-refractivity contribution in [3.8, 4) is 0 Å². The lowest BCUT2D eigenvalue weighted by Crippen LogP contribution is -2.31. The highest BCUT2D eigenvalue weighted by Gasteiger charge is 2.18. The molecule has 0 radical (unpaired) electrons. The minimum atomic E-state index is -1.04. The average molecular weight is 133 g/mol. The monoisotopic (exact) mass is 133 g/mol. The maximum Gasteiger partial charge on any atom is 0.117 e. The predicted molar refractivity (Wildman–Crippen MR) is 32.9 cm³/mol. The van der Waals surface area contributed by atoms with E-state index in [1.807, 2.05) is 0 Å². The van der Waals surface area contributed by atoms with Gasteiger partial charge in [-0.2, -0.15) is 4.91 Å². The van der Waals surface area contributed by atoms with E-state index in [1.165, 1.54) is 13.8 Å². The van der Waals surface area contributed by atoms with Crippen molar-refractivity contribution < 1.29 is 10.2 Å². The molecule has 4 heteroatoms. The first kappa shape index (κ1) is 8.52. The molecule has 0 fully saturated rings. The number of aliphatic hydroxyl groups is 2. The van der Waals surface area contributed by atoms with Crippen molar-refractivity contribution in [2.45, 2.75) is 32.1 Å². The molecule has 3 atom stereocenters. The molecular weight excluding hydrogens is 122 g/mol. The van der Waals surface area contributed by atoms with Gasteiger partial charge in [-0.1, -0.05) is 5.18 Å². The molecule has 3 unspecified atom stereocenters. The number of rotatable bonds is 3. The number of nitrogens with zero attached hydrogens (tertiary/aromatic N) is 1. The highest BCUT2D eigenvalue weighted by molar-refractivity contribution is 4.73. The van der Waals surface area contributed by atoms with Gasteiger partial charge in [0.1, 0.15) is 12.1 Å². The fourth-order valence-electron chi connectivity index (χ4n) is 0.465. The van der Waals surface area contributed by atoms with Crippen LogP contribution < -0.4 is 0 Å². The third kappa shape index (κ3) is 2.53. The van der Waals surface area contributed by atoms with Gasteiger partial charge in [-0.3, -0.25) is 0 Å². The number of aliphatic hydroxyl groups excluding tert-OH is 2. The van der Waals surface area contributed by atoms with Gasteiger partial charge in [0.15, 0.2) is 0 Å². The van der Waals surface area contributed by atoms with Crippen LogP contribution in [-0.2, 0) is 0 Å². The van der Waals surface area contributed by atoms with Gasteiger partial charge in [-0.15, -0.1) is 0 Å². The molecule has 0 aliphatic carbocycles. The van der Waals surface area contributed by atoms with Crippen molar-refractivity contribution in [2.75, 3.05) is 0 Å². The molecule has 0 amide bonds. The Labute approximate surface area is 53.5 Å². The first-order valence-electron chi connectivity index (χ1n) is 2.78. The van der Waals surface area contributed by atoms with Gasteiger partial charge in [-0.25, -0.2) is 0 Å². The highest BCUT2D eigenvalue weighted by Crippen LogP contribution is 2.01. The molecule has 0 rings (SSSR count). The van der Waals surface area contributed by atoms with Gasteiger partial charge in [-0.05, 0) is 13.8 Å². The second-order valence-electron chi connectivity index (χ2n) is 2.08. The fourth-order valence-corrected chi connectivity index (χ4v) is 0.465. The molecule has 2 N–H and O–H groups in total. The van der Waals surface area contributed by atoms with Gasteiger partial charge in [0.25, 0.3) is 0 Å². The number of nitroso groups, excluding NO2 is 1. The molecular formula is C5H11NO3. The Morgan fingerprint density at radius 3 is 1.89 bits per heavy atom. The molecule has 0 aromatic heterocycles. The second-order valence-corrected chi connectivity index (χ2v) is 2.08. The summed E-state index contributed by atoms with van der Waals surface area (Å²) in [4.78, 5) is 9.73. The van der Waals surface area contributed by atoms with E-state index >= 15 is 0 Å². The largest absolute Gasteiger partial charge is 0.391 e. The topological polar surface area (TPSA) is 69.9 Å². The Kier molecular flexibility index (Phi) is 3.34. The van der Waals surface area contributed by atoms with E-state index in [0.29, 0.717) is 0 Å². The summed E-state index contributed by atoms with van der Waals surface area (Å²) in [6.45, 7) is 2.86. The summed E-state index contributed by atoms with van der Waals surface area (Å²) in [5.74, 6) is 0. The van der Waals surface area contributed by atoms with Crippen LogP contribution in [0, 0.1) is 4.91 Å². The van der Waals surface area contributed by atoms with Crippen LogP contribution in [0.1, 0.15) is 13.8 Å². The normalized spacial score (nSPS) is 20.4. The van der Waals surface area contributed by atoms with Crippen molar-refractivity contribution in [1.82, 2.24) is 0 Å². The zero-order chi connectivity index (χ0) is 7.44. The Hall–Kier alpha value is -0.480. The summed E-state index contributed by atoms with van der Waals surface area (Å²) >= 11 is 0. The molecule has 0 aromatic carbocycles. The Bertz CT molecular complexity index is 94.2. The van der Waals surface area contributed by atoms with Crippen LogP contribution in [0.4, 0.5) is 0 Å². The summed E-state index contributed by atoms with van der Waals surface area (Å²) in [5, 5.41) is 20.1. The van der Waals surface area contributed by atoms with Crippen molar-refractivity contribution in [3.05, 3.63) is 4.91 Å². The summed E-state index contributed by atoms with van der Waals surface area (Å²) in [7, 11) is 0. The van der Waals surface area contributed by atoms with Crippen molar-refractivity contribution in [1.29, 1.82) is 0 Å². The van der Waals surface area contributed by atoms with Crippen LogP contribution in [0.2, 0.25) is 0 Å². The lowest BCUT2D eigenvalue weighted by molar-refractivity contribution is 0.0190. The molecule has 0 saturated heterocycles. The summed E-state index contributed by atoms with van der Waals surface area (Å²) in [5.41, 5.74) is 0. The third-order valence-corrected chi connectivity index (χ3v) is 1.15. The van der Waals surface area contributed by atoms with Crippen LogP contribution in [0.25, 0.3) is 0 Å². The van der Waals surface area contributed by atoms with Crippen LogP contribution >= 0.6 is 0 Å². The van der Waals surface area contributed by atoms with Crippen LogP contribution in [-0.4, -0.2) is 28.5 Å². The first-order valence-corrected chi connectivity index (χ1v) is 2.78. The van der Waals surface area contributed by atoms with Gasteiger partial charge in [0.2, 0.25) is 0 Å². The molecule has 4 nitrogen and oxygen atoms in total. The van der Waals surface area contributed by atoms with Crippen LogP contribution in [0.15, 0.2) is 5.18 Å². The quantitative estimate of drug-likeness (QED) is 0.527. The van der Waals surface area contributed by atoms with Crippen LogP contribution in [0.3, 0.4) is 0 Å². The van der Waals surface area contributed by atoms with Gasteiger partial charge in [0.05, 0.1) is 6.10 Å². The number of hydrogen-bond donors (Lipinski definition) is 2. The van der Waals surface area contributed by atoms with Crippen LogP contribution in [0.5, 0.6) is 0 Å². The summed E-state index contributed by atoms with van der Waals surface area (Å²) < 4.78 is 0. The summed E-state index contributed by atoms with van der Waals surface area (Å²) in [6, 6.07) is -0.731. The fraction of sp³-hybridized carbons (Fsp3) is 1.00. The Morgan fingerprint density at radius 2 is 1.78 bits per heavy atom. The number of hydrogen-bond acceptors (Lipinski definition) is 4. The maximum absolute atomic E-state index is 9.73. The minimum absolute atomic E-state index is 0.731. The van der Waals surface area contributed by atoms with Gasteiger partial charge < -0.3 is 10.2 Å². The molecule has 0 saturated carbocycles. The zero-order valence-corrected chi connectivity index (χ0v) is 5.48. The van der Waals surface area contributed by atoms with E-state index in [1.54, 1.807) is 0 Å². The van der Waals surface area contributed by atoms with Crippen molar-refractivity contribution in [3.63, 3.8) is 0 Å². The minimum Gasteiger partial charge on any atom is -0.391 e. The van der Waals surface area contributed by atoms with Gasteiger partial charge in [0, 0.05) is 0 Å². The molecule has 0 bridgehead atoms. The van der Waals surface area contributed by atoms with Crippen molar-refractivity contribution in [2.24, 2.45) is 5.18 Å². The molecule has 9 heavy (non-hydrogen) atoms. The first-order chi connectivity index (χ1) is 4.09. The average Bonchev–Trinajstić information content (AvgIpc) is 1.84. The predicted octanol–water partition coefficient (Wildman–Crippen LogP) is -0.117. The Morgan fingerprint density at radius 1 is 1.33 bits per heavy atom. The molecule has 0 spiro atoms. The lowest BCUT2D eigenvalue weighted by atomic mass is 10.1. The third-order valence-electron chi connectivity index (χ3n) is 1.15. The molecule has 0 aromatic rings.